The van der Waals surface area contributed by atoms with Gasteiger partial charge in [0.15, 0.2) is 23.0 Å². The summed E-state index contributed by atoms with van der Waals surface area (Å²) in [5.74, 6) is -1.10. The average Bonchev–Trinajstić information content (AvgIpc) is 3.30. The molecule has 33 heavy (non-hydrogen) atoms. The molecule has 2 aromatic rings. The molecule has 1 spiro atoms. The predicted octanol–water partition coefficient (Wildman–Crippen LogP) is 6.17. The SMILES string of the molecule is CCC(C)C(=O)OC1=C2C(=Cc3c(-c4ccc(F)c(F)c4)ccc(C)c32)OC12CCOCC2. The summed E-state index contributed by atoms with van der Waals surface area (Å²) in [5.41, 5.74) is 4.13. The number of benzene rings is 2. The number of ether oxygens (including phenoxy) is 3. The number of halogens is 2. The first-order chi connectivity index (χ1) is 15.8. The van der Waals surface area contributed by atoms with Crippen molar-refractivity contribution in [2.75, 3.05) is 13.2 Å². The van der Waals surface area contributed by atoms with E-state index >= 15 is 0 Å². The number of rotatable bonds is 4. The first kappa shape index (κ1) is 21.8. The van der Waals surface area contributed by atoms with E-state index in [9.17, 15) is 13.6 Å². The number of fused-ring (bicyclic) bond motifs is 3. The van der Waals surface area contributed by atoms with Crippen molar-refractivity contribution in [1.82, 2.24) is 0 Å². The fourth-order valence-electron chi connectivity index (χ4n) is 4.78. The number of aryl methyl sites for hydroxylation is 1. The molecule has 0 N–H and O–H groups in total. The molecule has 0 amide bonds. The van der Waals surface area contributed by atoms with Gasteiger partial charge in [-0.05, 0) is 59.4 Å². The molecule has 2 heterocycles. The lowest BCUT2D eigenvalue weighted by Gasteiger charge is -2.34. The van der Waals surface area contributed by atoms with Gasteiger partial charge in [-0.2, -0.15) is 0 Å². The second kappa shape index (κ2) is 8.10. The topological polar surface area (TPSA) is 44.8 Å². The van der Waals surface area contributed by atoms with Crippen LogP contribution in [0.25, 0.3) is 22.8 Å². The molecule has 0 bridgehead atoms. The van der Waals surface area contributed by atoms with Crippen LogP contribution >= 0.6 is 0 Å². The molecule has 0 aromatic heterocycles. The van der Waals surface area contributed by atoms with Gasteiger partial charge in [0.05, 0.1) is 24.7 Å². The minimum atomic E-state index is -0.896. The minimum Gasteiger partial charge on any atom is -0.478 e. The van der Waals surface area contributed by atoms with Gasteiger partial charge in [-0.3, -0.25) is 4.79 Å². The zero-order chi connectivity index (χ0) is 23.3. The van der Waals surface area contributed by atoms with Crippen LogP contribution < -0.4 is 0 Å². The standard InChI is InChI=1S/C27H26F2O4/c1-4-15(2)26(30)32-25-24-22(33-27(25)9-11-31-12-10-27)14-19-18(7-5-16(3)23(19)24)17-6-8-20(28)21(29)13-17/h5-8,13-15H,4,9-12H2,1-3H3. The van der Waals surface area contributed by atoms with E-state index in [4.69, 9.17) is 14.2 Å². The largest absolute Gasteiger partial charge is 0.478 e. The van der Waals surface area contributed by atoms with Gasteiger partial charge in [0.25, 0.3) is 0 Å². The zero-order valence-electron chi connectivity index (χ0n) is 19.0. The van der Waals surface area contributed by atoms with Gasteiger partial charge in [0.1, 0.15) is 5.76 Å². The van der Waals surface area contributed by atoms with E-state index in [1.807, 2.05) is 39.0 Å². The lowest BCUT2D eigenvalue weighted by Crippen LogP contribution is -2.39. The minimum absolute atomic E-state index is 0.237. The van der Waals surface area contributed by atoms with Gasteiger partial charge in [-0.25, -0.2) is 8.78 Å². The van der Waals surface area contributed by atoms with Crippen molar-refractivity contribution in [3.8, 4) is 11.1 Å². The van der Waals surface area contributed by atoms with Crippen LogP contribution in [0.2, 0.25) is 0 Å². The molecule has 2 aromatic carbocycles. The average molecular weight is 452 g/mol. The summed E-state index contributed by atoms with van der Waals surface area (Å²) in [5, 5.41) is 0. The highest BCUT2D eigenvalue weighted by molar-refractivity contribution is 6.01. The summed E-state index contributed by atoms with van der Waals surface area (Å²) in [6, 6.07) is 7.74. The number of hydrogen-bond acceptors (Lipinski definition) is 4. The Balaban J connectivity index is 1.69. The van der Waals surface area contributed by atoms with E-state index in [0.717, 1.165) is 33.9 Å². The first-order valence-corrected chi connectivity index (χ1v) is 11.4. The molecule has 1 atom stereocenters. The highest BCUT2D eigenvalue weighted by Gasteiger charge is 2.52. The number of esters is 1. The van der Waals surface area contributed by atoms with Crippen LogP contribution in [0.3, 0.4) is 0 Å². The van der Waals surface area contributed by atoms with Gasteiger partial charge >= 0.3 is 5.97 Å². The smallest absolute Gasteiger partial charge is 0.313 e. The number of carbonyl (C=O) groups is 1. The Hall–Kier alpha value is -2.99. The lowest BCUT2D eigenvalue weighted by molar-refractivity contribution is -0.149. The van der Waals surface area contributed by atoms with Crippen LogP contribution in [0, 0.1) is 24.5 Å². The molecule has 1 fully saturated rings. The third-order valence-electron chi connectivity index (χ3n) is 6.92. The van der Waals surface area contributed by atoms with Gasteiger partial charge in [0.2, 0.25) is 0 Å². The Kier molecular flexibility index (Phi) is 5.36. The summed E-state index contributed by atoms with van der Waals surface area (Å²) < 4.78 is 45.7. The van der Waals surface area contributed by atoms with Gasteiger partial charge in [0, 0.05) is 12.8 Å². The number of carbonyl (C=O) groups excluding carboxylic acids is 1. The molecule has 1 unspecified atom stereocenters. The van der Waals surface area contributed by atoms with Crippen LogP contribution in [0.4, 0.5) is 8.78 Å². The molecule has 172 valence electrons. The molecule has 6 heteroatoms. The van der Waals surface area contributed by atoms with Crippen molar-refractivity contribution >= 4 is 17.6 Å². The van der Waals surface area contributed by atoms with E-state index < -0.39 is 17.2 Å². The zero-order valence-corrected chi connectivity index (χ0v) is 19.0. The molecule has 1 aliphatic carbocycles. The highest BCUT2D eigenvalue weighted by Crippen LogP contribution is 2.55. The van der Waals surface area contributed by atoms with Crippen LogP contribution in [0.1, 0.15) is 49.8 Å². The maximum absolute atomic E-state index is 14.0. The van der Waals surface area contributed by atoms with Gasteiger partial charge in [-0.15, -0.1) is 0 Å². The molecule has 2 aliphatic heterocycles. The Morgan fingerprint density at radius 2 is 1.91 bits per heavy atom. The van der Waals surface area contributed by atoms with Crippen LogP contribution in [-0.4, -0.2) is 24.8 Å². The number of allylic oxidation sites excluding steroid dienone is 1. The maximum Gasteiger partial charge on any atom is 0.313 e. The van der Waals surface area contributed by atoms with E-state index in [-0.39, 0.29) is 11.9 Å². The lowest BCUT2D eigenvalue weighted by atomic mass is 9.87. The molecule has 1 saturated heterocycles. The Morgan fingerprint density at radius 1 is 1.15 bits per heavy atom. The van der Waals surface area contributed by atoms with Gasteiger partial charge in [-0.1, -0.05) is 32.0 Å². The second-order valence-electron chi connectivity index (χ2n) is 9.00. The normalized spacial score (nSPS) is 19.1. The molecule has 0 saturated carbocycles. The monoisotopic (exact) mass is 452 g/mol. The summed E-state index contributed by atoms with van der Waals surface area (Å²) in [6.45, 7) is 6.83. The predicted molar refractivity (Wildman–Crippen MR) is 121 cm³/mol. The van der Waals surface area contributed by atoms with Gasteiger partial charge < -0.3 is 14.2 Å². The molecular weight excluding hydrogens is 426 g/mol. The van der Waals surface area contributed by atoms with E-state index in [2.05, 4.69) is 0 Å². The van der Waals surface area contributed by atoms with Crippen LogP contribution in [-0.2, 0) is 19.0 Å². The summed E-state index contributed by atoms with van der Waals surface area (Å²) in [6.07, 6.45) is 3.79. The van der Waals surface area contributed by atoms with Crippen LogP contribution in [0.15, 0.2) is 41.9 Å². The second-order valence-corrected chi connectivity index (χ2v) is 9.00. The van der Waals surface area contributed by atoms with Crippen molar-refractivity contribution in [3.05, 3.63) is 70.2 Å². The highest BCUT2D eigenvalue weighted by atomic mass is 19.2. The fourth-order valence-corrected chi connectivity index (χ4v) is 4.78. The molecule has 5 rings (SSSR count). The van der Waals surface area contributed by atoms with Crippen LogP contribution in [0.5, 0.6) is 0 Å². The van der Waals surface area contributed by atoms with Crippen molar-refractivity contribution < 1.29 is 27.8 Å². The Labute approximate surface area is 191 Å². The van der Waals surface area contributed by atoms with Crippen molar-refractivity contribution in [1.29, 1.82) is 0 Å². The third-order valence-corrected chi connectivity index (χ3v) is 6.92. The molecule has 3 aliphatic rings. The molecular formula is C27H26F2O4. The summed E-state index contributed by atoms with van der Waals surface area (Å²) in [4.78, 5) is 12.9. The number of hydrogen-bond donors (Lipinski definition) is 0. The third kappa shape index (κ3) is 3.48. The molecule has 0 radical (unpaired) electrons. The first-order valence-electron chi connectivity index (χ1n) is 11.4. The van der Waals surface area contributed by atoms with E-state index in [0.29, 0.717) is 49.6 Å². The summed E-state index contributed by atoms with van der Waals surface area (Å²) in [7, 11) is 0. The quantitative estimate of drug-likeness (QED) is 0.520. The van der Waals surface area contributed by atoms with E-state index in [1.54, 1.807) is 6.07 Å². The molecule has 4 nitrogen and oxygen atoms in total. The summed E-state index contributed by atoms with van der Waals surface area (Å²) >= 11 is 0. The fraction of sp³-hybridized carbons (Fsp3) is 0.370. The van der Waals surface area contributed by atoms with Crippen molar-refractivity contribution in [3.63, 3.8) is 0 Å². The Bertz CT molecular complexity index is 1200. The van der Waals surface area contributed by atoms with Crippen molar-refractivity contribution in [2.24, 2.45) is 5.92 Å². The van der Waals surface area contributed by atoms with Crippen molar-refractivity contribution in [2.45, 2.75) is 45.6 Å². The maximum atomic E-state index is 14.0. The Morgan fingerprint density at radius 3 is 2.61 bits per heavy atom. The van der Waals surface area contributed by atoms with E-state index in [1.165, 1.54) is 6.07 Å².